The first-order valence-corrected chi connectivity index (χ1v) is 6.44. The Hall–Kier alpha value is -0.690. The maximum absolute atomic E-state index is 8.98. The van der Waals surface area contributed by atoms with Crippen molar-refractivity contribution in [2.75, 3.05) is 12.8 Å². The van der Waals surface area contributed by atoms with Crippen molar-refractivity contribution in [2.45, 2.75) is 23.8 Å². The van der Waals surface area contributed by atoms with Crippen LogP contribution in [0, 0.1) is 11.3 Å². The minimum atomic E-state index is -0.439. The summed E-state index contributed by atoms with van der Waals surface area (Å²) in [5, 5.41) is 12.8. The first-order chi connectivity index (χ1) is 7.59. The Kier molecular flexibility index (Phi) is 5.14. The lowest BCUT2D eigenvalue weighted by Gasteiger charge is -2.19. The van der Waals surface area contributed by atoms with E-state index in [1.54, 1.807) is 11.8 Å². The average molecular weight is 255 g/mol. The van der Waals surface area contributed by atoms with Gasteiger partial charge in [0.25, 0.3) is 0 Å². The summed E-state index contributed by atoms with van der Waals surface area (Å²) in [6.07, 6.45) is 0.803. The van der Waals surface area contributed by atoms with Gasteiger partial charge in [-0.1, -0.05) is 17.7 Å². The molecule has 1 aromatic carbocycles. The second-order valence-electron chi connectivity index (χ2n) is 3.75. The highest BCUT2D eigenvalue weighted by molar-refractivity contribution is 7.99. The molecule has 1 aromatic rings. The summed E-state index contributed by atoms with van der Waals surface area (Å²) in [5.74, 6) is 0.894. The third kappa shape index (κ3) is 4.05. The molecular weight excluding hydrogens is 240 g/mol. The van der Waals surface area contributed by atoms with Gasteiger partial charge in [0.05, 0.1) is 6.07 Å². The van der Waals surface area contributed by atoms with E-state index in [9.17, 15) is 0 Å². The molecule has 2 nitrogen and oxygen atoms in total. The van der Waals surface area contributed by atoms with E-state index in [1.165, 1.54) is 0 Å². The lowest BCUT2D eigenvalue weighted by molar-refractivity contribution is 0.480. The van der Waals surface area contributed by atoms with Crippen molar-refractivity contribution in [3.8, 4) is 6.07 Å². The monoisotopic (exact) mass is 254 g/mol. The van der Waals surface area contributed by atoms with Crippen LogP contribution in [0.4, 0.5) is 0 Å². The van der Waals surface area contributed by atoms with Gasteiger partial charge in [-0.2, -0.15) is 5.26 Å². The van der Waals surface area contributed by atoms with E-state index < -0.39 is 5.54 Å². The van der Waals surface area contributed by atoms with Crippen LogP contribution in [-0.2, 0) is 0 Å². The Labute approximate surface area is 106 Å². The topological polar surface area (TPSA) is 35.8 Å². The molecule has 0 radical (unpaired) electrons. The number of halogens is 1. The fourth-order valence-corrected chi connectivity index (χ4v) is 2.55. The summed E-state index contributed by atoms with van der Waals surface area (Å²) in [4.78, 5) is 1.14. The Bertz CT molecular complexity index is 389. The lowest BCUT2D eigenvalue weighted by Crippen LogP contribution is -2.38. The molecule has 1 unspecified atom stereocenters. The van der Waals surface area contributed by atoms with E-state index in [0.29, 0.717) is 0 Å². The zero-order chi connectivity index (χ0) is 12.0. The van der Waals surface area contributed by atoms with E-state index in [1.807, 2.05) is 38.2 Å². The van der Waals surface area contributed by atoms with Crippen molar-refractivity contribution in [3.05, 3.63) is 29.3 Å². The van der Waals surface area contributed by atoms with Gasteiger partial charge in [0, 0.05) is 15.7 Å². The van der Waals surface area contributed by atoms with Gasteiger partial charge in [-0.15, -0.1) is 11.8 Å². The highest BCUT2D eigenvalue weighted by Gasteiger charge is 2.20. The van der Waals surface area contributed by atoms with E-state index >= 15 is 0 Å². The number of rotatable bonds is 5. The number of hydrogen-bond donors (Lipinski definition) is 1. The van der Waals surface area contributed by atoms with Crippen LogP contribution < -0.4 is 5.32 Å². The number of benzene rings is 1. The van der Waals surface area contributed by atoms with Crippen LogP contribution in [0.3, 0.4) is 0 Å². The molecule has 0 fully saturated rings. The molecule has 0 spiro atoms. The maximum Gasteiger partial charge on any atom is 0.104 e. The summed E-state index contributed by atoms with van der Waals surface area (Å²) >= 11 is 7.61. The van der Waals surface area contributed by atoms with Crippen LogP contribution in [0.1, 0.15) is 13.3 Å². The van der Waals surface area contributed by atoms with Crippen molar-refractivity contribution in [1.29, 1.82) is 5.26 Å². The molecule has 16 heavy (non-hydrogen) atoms. The molecule has 0 aliphatic carbocycles. The summed E-state index contributed by atoms with van der Waals surface area (Å²) in [7, 11) is 1.81. The molecule has 1 N–H and O–H groups in total. The second kappa shape index (κ2) is 6.15. The largest absolute Gasteiger partial charge is 0.303 e. The van der Waals surface area contributed by atoms with E-state index in [0.717, 1.165) is 22.1 Å². The van der Waals surface area contributed by atoms with Crippen molar-refractivity contribution >= 4 is 23.4 Å². The molecule has 0 aliphatic heterocycles. The molecule has 0 saturated carbocycles. The predicted molar refractivity (Wildman–Crippen MR) is 69.9 cm³/mol. The fourth-order valence-electron chi connectivity index (χ4n) is 1.17. The molecule has 1 rings (SSSR count). The lowest BCUT2D eigenvalue weighted by atomic mass is 10.0. The number of hydrogen-bond acceptors (Lipinski definition) is 3. The first-order valence-electron chi connectivity index (χ1n) is 5.08. The zero-order valence-corrected chi connectivity index (χ0v) is 11.0. The van der Waals surface area contributed by atoms with Crippen LogP contribution >= 0.6 is 23.4 Å². The van der Waals surface area contributed by atoms with E-state index in [4.69, 9.17) is 16.9 Å². The maximum atomic E-state index is 8.98. The molecule has 4 heteroatoms. The van der Waals surface area contributed by atoms with E-state index in [2.05, 4.69) is 11.4 Å². The van der Waals surface area contributed by atoms with Gasteiger partial charge >= 0.3 is 0 Å². The molecule has 0 heterocycles. The summed E-state index contributed by atoms with van der Waals surface area (Å²) in [6.45, 7) is 1.91. The van der Waals surface area contributed by atoms with Gasteiger partial charge in [0.15, 0.2) is 0 Å². The van der Waals surface area contributed by atoms with E-state index in [-0.39, 0.29) is 0 Å². The SMILES string of the molecule is CNC(C)(C#N)CCSc1cccc(Cl)c1. The van der Waals surface area contributed by atoms with Crippen LogP contribution in [0.25, 0.3) is 0 Å². The van der Waals surface area contributed by atoms with Crippen LogP contribution in [0.5, 0.6) is 0 Å². The first kappa shape index (κ1) is 13.4. The van der Waals surface area contributed by atoms with Crippen molar-refractivity contribution in [3.63, 3.8) is 0 Å². The molecule has 0 amide bonds. The second-order valence-corrected chi connectivity index (χ2v) is 5.35. The number of nitriles is 1. The highest BCUT2D eigenvalue weighted by Crippen LogP contribution is 2.24. The van der Waals surface area contributed by atoms with Crippen molar-refractivity contribution in [1.82, 2.24) is 5.32 Å². The van der Waals surface area contributed by atoms with Crippen LogP contribution in [0.15, 0.2) is 29.2 Å². The van der Waals surface area contributed by atoms with Crippen molar-refractivity contribution < 1.29 is 0 Å². The standard InChI is InChI=1S/C12H15ClN2S/c1-12(9-14,15-2)6-7-16-11-5-3-4-10(13)8-11/h3-5,8,15H,6-7H2,1-2H3. The van der Waals surface area contributed by atoms with Gasteiger partial charge < -0.3 is 5.32 Å². The Morgan fingerprint density at radius 1 is 1.56 bits per heavy atom. The van der Waals surface area contributed by atoms with Crippen LogP contribution in [-0.4, -0.2) is 18.3 Å². The number of thioether (sulfide) groups is 1. The van der Waals surface area contributed by atoms with Gasteiger partial charge in [-0.05, 0) is 38.6 Å². The van der Waals surface area contributed by atoms with Gasteiger partial charge in [-0.3, -0.25) is 0 Å². The molecule has 0 aromatic heterocycles. The number of nitrogens with zero attached hydrogens (tertiary/aromatic N) is 1. The third-order valence-electron chi connectivity index (χ3n) is 2.47. The normalized spacial score (nSPS) is 14.1. The number of nitrogens with one attached hydrogen (secondary N) is 1. The molecule has 86 valence electrons. The quantitative estimate of drug-likeness (QED) is 0.819. The van der Waals surface area contributed by atoms with Gasteiger partial charge in [-0.25, -0.2) is 0 Å². The Morgan fingerprint density at radius 3 is 2.88 bits per heavy atom. The third-order valence-corrected chi connectivity index (χ3v) is 3.70. The predicted octanol–water partition coefficient (Wildman–Crippen LogP) is 3.32. The summed E-state index contributed by atoms with van der Waals surface area (Å²) in [6, 6.07) is 10.0. The summed E-state index contributed by atoms with van der Waals surface area (Å²) < 4.78 is 0. The molecule has 0 aliphatic rings. The molecule has 0 saturated heterocycles. The zero-order valence-electron chi connectivity index (χ0n) is 9.46. The molecular formula is C12H15ClN2S. The Balaban J connectivity index is 2.45. The van der Waals surface area contributed by atoms with Crippen molar-refractivity contribution in [2.24, 2.45) is 0 Å². The molecule has 1 atom stereocenters. The fraction of sp³-hybridized carbons (Fsp3) is 0.417. The minimum Gasteiger partial charge on any atom is -0.303 e. The average Bonchev–Trinajstić information content (AvgIpc) is 2.29. The molecule has 0 bridgehead atoms. The summed E-state index contributed by atoms with van der Waals surface area (Å²) in [5.41, 5.74) is -0.439. The Morgan fingerprint density at radius 2 is 2.31 bits per heavy atom. The minimum absolute atomic E-state index is 0.439. The van der Waals surface area contributed by atoms with Crippen LogP contribution in [0.2, 0.25) is 5.02 Å². The highest BCUT2D eigenvalue weighted by atomic mass is 35.5. The van der Waals surface area contributed by atoms with Gasteiger partial charge in [0.1, 0.15) is 5.54 Å². The smallest absolute Gasteiger partial charge is 0.104 e. The van der Waals surface area contributed by atoms with Gasteiger partial charge in [0.2, 0.25) is 0 Å².